The first-order valence-electron chi connectivity index (χ1n) is 7.61. The Labute approximate surface area is 121 Å². The number of fused-ring (bicyclic) bond motifs is 1. The molecule has 0 spiro atoms. The van der Waals surface area contributed by atoms with E-state index in [0.29, 0.717) is 5.92 Å². The number of hydrogen-bond acceptors (Lipinski definition) is 2. The van der Waals surface area contributed by atoms with Gasteiger partial charge in [-0.1, -0.05) is 6.42 Å². The maximum atomic E-state index is 6.27. The van der Waals surface area contributed by atoms with Crippen molar-refractivity contribution >= 4 is 11.0 Å². The van der Waals surface area contributed by atoms with E-state index in [-0.39, 0.29) is 5.54 Å². The third kappa shape index (κ3) is 2.35. The van der Waals surface area contributed by atoms with Gasteiger partial charge in [-0.3, -0.25) is 0 Å². The van der Waals surface area contributed by atoms with Gasteiger partial charge in [0.1, 0.15) is 5.82 Å². The van der Waals surface area contributed by atoms with Crippen molar-refractivity contribution in [1.82, 2.24) is 9.55 Å². The summed E-state index contributed by atoms with van der Waals surface area (Å²) >= 11 is 0. The number of rotatable bonds is 3. The number of imidazole rings is 1. The van der Waals surface area contributed by atoms with Crippen LogP contribution in [-0.2, 0) is 6.54 Å². The maximum absolute atomic E-state index is 6.27. The first-order chi connectivity index (χ1) is 9.35. The molecule has 1 fully saturated rings. The van der Waals surface area contributed by atoms with Crippen LogP contribution in [0.5, 0.6) is 0 Å². The SMILES string of the molecule is Cc1cc2nc(C3CCC3)n(CC(C)(C)N)c2cc1C. The summed E-state index contributed by atoms with van der Waals surface area (Å²) < 4.78 is 2.37. The molecule has 0 atom stereocenters. The lowest BCUT2D eigenvalue weighted by Crippen LogP contribution is -2.38. The van der Waals surface area contributed by atoms with Gasteiger partial charge >= 0.3 is 0 Å². The van der Waals surface area contributed by atoms with E-state index in [4.69, 9.17) is 10.7 Å². The summed E-state index contributed by atoms with van der Waals surface area (Å²) in [6.07, 6.45) is 3.87. The third-order valence-corrected chi connectivity index (χ3v) is 4.43. The van der Waals surface area contributed by atoms with E-state index in [9.17, 15) is 0 Å². The monoisotopic (exact) mass is 271 g/mol. The quantitative estimate of drug-likeness (QED) is 0.926. The number of hydrogen-bond donors (Lipinski definition) is 1. The van der Waals surface area contributed by atoms with Crippen LogP contribution in [0.15, 0.2) is 12.1 Å². The van der Waals surface area contributed by atoms with Crippen molar-refractivity contribution in [2.24, 2.45) is 5.73 Å². The van der Waals surface area contributed by atoms with E-state index in [1.54, 1.807) is 0 Å². The van der Waals surface area contributed by atoms with Crippen molar-refractivity contribution in [3.05, 3.63) is 29.1 Å². The van der Waals surface area contributed by atoms with Gasteiger partial charge in [0, 0.05) is 18.0 Å². The molecule has 0 radical (unpaired) electrons. The van der Waals surface area contributed by atoms with Crippen molar-refractivity contribution < 1.29 is 0 Å². The highest BCUT2D eigenvalue weighted by atomic mass is 15.1. The van der Waals surface area contributed by atoms with Crippen molar-refractivity contribution in [3.8, 4) is 0 Å². The highest BCUT2D eigenvalue weighted by molar-refractivity contribution is 5.78. The first kappa shape index (κ1) is 13.6. The van der Waals surface area contributed by atoms with Crippen LogP contribution in [0.1, 0.15) is 56.0 Å². The van der Waals surface area contributed by atoms with Crippen LogP contribution < -0.4 is 5.73 Å². The molecule has 1 aromatic heterocycles. The highest BCUT2D eigenvalue weighted by Crippen LogP contribution is 2.38. The zero-order valence-corrected chi connectivity index (χ0v) is 13.0. The van der Waals surface area contributed by atoms with E-state index in [1.165, 1.54) is 41.7 Å². The van der Waals surface area contributed by atoms with E-state index in [1.807, 2.05) is 0 Å². The smallest absolute Gasteiger partial charge is 0.113 e. The summed E-state index contributed by atoms with van der Waals surface area (Å²) in [6, 6.07) is 4.48. The average molecular weight is 271 g/mol. The standard InChI is InChI=1S/C17H25N3/c1-11-8-14-15(9-12(11)2)20(10-17(3,4)18)16(19-14)13-6-5-7-13/h8-9,13H,5-7,10,18H2,1-4H3. The molecular formula is C17H25N3. The Balaban J connectivity index is 2.17. The molecule has 0 unspecified atom stereocenters. The topological polar surface area (TPSA) is 43.8 Å². The Morgan fingerprint density at radius 2 is 1.90 bits per heavy atom. The second-order valence-corrected chi connectivity index (χ2v) is 7.10. The van der Waals surface area contributed by atoms with Crippen LogP contribution in [0.4, 0.5) is 0 Å². The predicted molar refractivity (Wildman–Crippen MR) is 84.1 cm³/mol. The molecule has 20 heavy (non-hydrogen) atoms. The van der Waals surface area contributed by atoms with Crippen molar-refractivity contribution in [1.29, 1.82) is 0 Å². The second kappa shape index (κ2) is 4.59. The second-order valence-electron chi connectivity index (χ2n) is 7.10. The summed E-state index contributed by atoms with van der Waals surface area (Å²) in [5, 5.41) is 0. The van der Waals surface area contributed by atoms with Gasteiger partial charge in [-0.05, 0) is 63.8 Å². The Bertz CT molecular complexity index is 642. The average Bonchev–Trinajstić information content (AvgIpc) is 2.54. The Hall–Kier alpha value is -1.35. The number of nitrogens with zero attached hydrogens (tertiary/aromatic N) is 2. The van der Waals surface area contributed by atoms with Crippen LogP contribution >= 0.6 is 0 Å². The van der Waals surface area contributed by atoms with Crippen LogP contribution in [0.3, 0.4) is 0 Å². The maximum Gasteiger partial charge on any atom is 0.113 e. The van der Waals surface area contributed by atoms with Crippen LogP contribution in [-0.4, -0.2) is 15.1 Å². The Kier molecular flexibility index (Phi) is 3.13. The van der Waals surface area contributed by atoms with Gasteiger partial charge in [0.25, 0.3) is 0 Å². The molecule has 2 aromatic rings. The lowest BCUT2D eigenvalue weighted by Gasteiger charge is -2.28. The zero-order chi connectivity index (χ0) is 14.5. The molecule has 0 saturated heterocycles. The van der Waals surface area contributed by atoms with E-state index in [0.717, 1.165) is 12.1 Å². The molecule has 1 saturated carbocycles. The molecule has 3 nitrogen and oxygen atoms in total. The van der Waals surface area contributed by atoms with E-state index < -0.39 is 0 Å². The predicted octanol–water partition coefficient (Wildman–Crippen LogP) is 3.66. The van der Waals surface area contributed by atoms with Gasteiger partial charge in [-0.2, -0.15) is 0 Å². The van der Waals surface area contributed by atoms with Crippen LogP contribution in [0.25, 0.3) is 11.0 Å². The minimum absolute atomic E-state index is 0.217. The van der Waals surface area contributed by atoms with Crippen molar-refractivity contribution in [2.45, 2.75) is 65.0 Å². The normalized spacial score (nSPS) is 16.6. The molecule has 1 aromatic carbocycles. The molecule has 0 aliphatic heterocycles. The molecule has 2 N–H and O–H groups in total. The van der Waals surface area contributed by atoms with Crippen LogP contribution in [0, 0.1) is 13.8 Å². The molecule has 1 aliphatic carbocycles. The lowest BCUT2D eigenvalue weighted by atomic mass is 9.84. The zero-order valence-electron chi connectivity index (χ0n) is 13.0. The number of benzene rings is 1. The van der Waals surface area contributed by atoms with Gasteiger partial charge in [0.15, 0.2) is 0 Å². The minimum atomic E-state index is -0.217. The largest absolute Gasteiger partial charge is 0.326 e. The fraction of sp³-hybridized carbons (Fsp3) is 0.588. The van der Waals surface area contributed by atoms with Gasteiger partial charge in [0.2, 0.25) is 0 Å². The summed E-state index contributed by atoms with van der Waals surface area (Å²) in [4.78, 5) is 4.93. The Morgan fingerprint density at radius 1 is 1.25 bits per heavy atom. The fourth-order valence-corrected chi connectivity index (χ4v) is 2.95. The molecular weight excluding hydrogens is 246 g/mol. The van der Waals surface area contributed by atoms with Crippen molar-refractivity contribution in [2.75, 3.05) is 0 Å². The van der Waals surface area contributed by atoms with Crippen LogP contribution in [0.2, 0.25) is 0 Å². The summed E-state index contributed by atoms with van der Waals surface area (Å²) in [5.41, 5.74) is 11.1. The first-order valence-corrected chi connectivity index (χ1v) is 7.61. The summed E-state index contributed by atoms with van der Waals surface area (Å²) in [5.74, 6) is 1.88. The van der Waals surface area contributed by atoms with Gasteiger partial charge in [-0.25, -0.2) is 4.98 Å². The fourth-order valence-electron chi connectivity index (χ4n) is 2.95. The number of aromatic nitrogens is 2. The third-order valence-electron chi connectivity index (χ3n) is 4.43. The number of nitrogens with two attached hydrogens (primary N) is 1. The highest BCUT2D eigenvalue weighted by Gasteiger charge is 2.27. The van der Waals surface area contributed by atoms with Gasteiger partial charge < -0.3 is 10.3 Å². The molecule has 0 amide bonds. The van der Waals surface area contributed by atoms with E-state index in [2.05, 4.69) is 44.4 Å². The van der Waals surface area contributed by atoms with Gasteiger partial charge in [0.05, 0.1) is 11.0 Å². The molecule has 108 valence electrons. The lowest BCUT2D eigenvalue weighted by molar-refractivity contribution is 0.365. The molecule has 1 heterocycles. The molecule has 3 heteroatoms. The molecule has 0 bridgehead atoms. The Morgan fingerprint density at radius 3 is 2.45 bits per heavy atom. The summed E-state index contributed by atoms with van der Waals surface area (Å²) in [7, 11) is 0. The summed E-state index contributed by atoms with van der Waals surface area (Å²) in [6.45, 7) is 9.33. The van der Waals surface area contributed by atoms with E-state index >= 15 is 0 Å². The molecule has 1 aliphatic rings. The minimum Gasteiger partial charge on any atom is -0.326 e. The van der Waals surface area contributed by atoms with Gasteiger partial charge in [-0.15, -0.1) is 0 Å². The molecule has 3 rings (SSSR count). The van der Waals surface area contributed by atoms with Crippen molar-refractivity contribution in [3.63, 3.8) is 0 Å². The number of aryl methyl sites for hydroxylation is 2.